The highest BCUT2D eigenvalue weighted by molar-refractivity contribution is 5.97. The van der Waals surface area contributed by atoms with E-state index in [0.717, 1.165) is 48.0 Å². The second-order valence-corrected chi connectivity index (χ2v) is 9.29. The molecule has 1 aliphatic heterocycles. The predicted molar refractivity (Wildman–Crippen MR) is 128 cm³/mol. The number of hydrogen-bond donors (Lipinski definition) is 1. The van der Waals surface area contributed by atoms with Crippen molar-refractivity contribution in [2.75, 3.05) is 32.8 Å². The highest BCUT2D eigenvalue weighted by Crippen LogP contribution is 2.32. The molecule has 3 aromatic rings. The molecule has 2 aromatic carbocycles. The summed E-state index contributed by atoms with van der Waals surface area (Å²) < 4.78 is 7.80. The van der Waals surface area contributed by atoms with E-state index in [4.69, 9.17) is 4.74 Å². The normalized spacial score (nSPS) is 18.8. The first-order valence-electron chi connectivity index (χ1n) is 11.9. The van der Waals surface area contributed by atoms with Gasteiger partial charge in [-0.05, 0) is 41.8 Å². The number of nitrogens with zero attached hydrogens (tertiary/aromatic N) is 4. The minimum Gasteiger partial charge on any atom is -0.491 e. The fraction of sp³-hybridized carbons (Fsp3) is 0.462. The Morgan fingerprint density at radius 2 is 1.97 bits per heavy atom. The highest BCUT2D eigenvalue weighted by atomic mass is 16.5. The van der Waals surface area contributed by atoms with Crippen molar-refractivity contribution in [1.29, 1.82) is 0 Å². The van der Waals surface area contributed by atoms with Gasteiger partial charge in [0.1, 0.15) is 18.5 Å². The average molecular weight is 449 g/mol. The van der Waals surface area contributed by atoms with Gasteiger partial charge in [0.05, 0.1) is 12.2 Å². The van der Waals surface area contributed by atoms with Crippen LogP contribution in [0.4, 0.5) is 0 Å². The first-order valence-corrected chi connectivity index (χ1v) is 11.9. The van der Waals surface area contributed by atoms with Crippen molar-refractivity contribution in [1.82, 2.24) is 19.6 Å². The molecule has 1 aromatic heterocycles. The summed E-state index contributed by atoms with van der Waals surface area (Å²) in [6, 6.07) is 14.6. The van der Waals surface area contributed by atoms with Gasteiger partial charge in [0.15, 0.2) is 0 Å². The fourth-order valence-electron chi connectivity index (χ4n) is 5.17. The number of hydrogen-bond acceptors (Lipinski definition) is 5. The molecule has 2 fully saturated rings. The number of aryl methyl sites for hydroxylation is 1. The summed E-state index contributed by atoms with van der Waals surface area (Å²) in [5, 5.41) is 17.4. The molecule has 0 bridgehead atoms. The number of benzene rings is 2. The van der Waals surface area contributed by atoms with Crippen LogP contribution in [0.3, 0.4) is 0 Å². The zero-order valence-electron chi connectivity index (χ0n) is 19.2. The van der Waals surface area contributed by atoms with Crippen molar-refractivity contribution in [3.8, 4) is 17.0 Å². The van der Waals surface area contributed by atoms with Crippen molar-refractivity contribution in [2.24, 2.45) is 7.05 Å². The molecule has 2 aliphatic rings. The highest BCUT2D eigenvalue weighted by Gasteiger charge is 2.31. The average Bonchev–Trinajstić information content (AvgIpc) is 3.49. The molecule has 174 valence electrons. The van der Waals surface area contributed by atoms with E-state index in [9.17, 15) is 9.90 Å². The number of ether oxygens (including phenoxy) is 1. The lowest BCUT2D eigenvalue weighted by atomic mass is 10.0. The standard InChI is InChI=1S/C26H32N4O3/c1-28-11-10-25(27-28)24-15-22(14-19-6-2-5-9-23(19)24)33-18-21(31)16-29-12-13-30(26(32)17-29)20-7-3-4-8-20/h2,5-6,9-11,14-15,20-21,31H,3-4,7-8,12-13,16-18H2,1H3. The summed E-state index contributed by atoms with van der Waals surface area (Å²) in [5.41, 5.74) is 1.89. The third-order valence-corrected chi connectivity index (χ3v) is 6.84. The molecular formula is C26H32N4O3. The van der Waals surface area contributed by atoms with E-state index < -0.39 is 6.10 Å². The van der Waals surface area contributed by atoms with Gasteiger partial charge in [-0.3, -0.25) is 14.4 Å². The second-order valence-electron chi connectivity index (χ2n) is 9.29. The molecule has 0 spiro atoms. The molecular weight excluding hydrogens is 416 g/mol. The lowest BCUT2D eigenvalue weighted by Gasteiger charge is -2.38. The minimum absolute atomic E-state index is 0.178. The van der Waals surface area contributed by atoms with Gasteiger partial charge in [0.25, 0.3) is 0 Å². The maximum absolute atomic E-state index is 12.6. The van der Waals surface area contributed by atoms with Gasteiger partial charge >= 0.3 is 0 Å². The maximum atomic E-state index is 12.6. The van der Waals surface area contributed by atoms with Crippen molar-refractivity contribution < 1.29 is 14.6 Å². The van der Waals surface area contributed by atoms with Gasteiger partial charge < -0.3 is 14.7 Å². The number of rotatable bonds is 7. The first kappa shape index (κ1) is 21.9. The Hall–Kier alpha value is -2.90. The Labute approximate surface area is 194 Å². The van der Waals surface area contributed by atoms with E-state index in [0.29, 0.717) is 24.9 Å². The molecule has 1 amide bonds. The Balaban J connectivity index is 1.21. The smallest absolute Gasteiger partial charge is 0.237 e. The molecule has 1 aliphatic carbocycles. The van der Waals surface area contributed by atoms with Crippen molar-refractivity contribution in [3.63, 3.8) is 0 Å². The summed E-state index contributed by atoms with van der Waals surface area (Å²) in [6.45, 7) is 2.56. The van der Waals surface area contributed by atoms with Crippen LogP contribution in [-0.4, -0.2) is 75.5 Å². The van der Waals surface area contributed by atoms with E-state index in [1.165, 1.54) is 12.8 Å². The topological polar surface area (TPSA) is 70.8 Å². The third kappa shape index (κ3) is 4.89. The molecule has 7 nitrogen and oxygen atoms in total. The molecule has 33 heavy (non-hydrogen) atoms. The number of aromatic nitrogens is 2. The van der Waals surface area contributed by atoms with Crippen molar-refractivity contribution in [2.45, 2.75) is 37.8 Å². The number of aliphatic hydroxyl groups is 1. The summed E-state index contributed by atoms with van der Waals surface area (Å²) in [4.78, 5) is 16.7. The van der Waals surface area contributed by atoms with Crippen LogP contribution in [0.2, 0.25) is 0 Å². The Bertz CT molecular complexity index is 1120. The molecule has 1 atom stereocenters. The van der Waals surface area contributed by atoms with Gasteiger partial charge in [-0.25, -0.2) is 0 Å². The molecule has 1 saturated carbocycles. The fourth-order valence-corrected chi connectivity index (χ4v) is 5.17. The van der Waals surface area contributed by atoms with Crippen LogP contribution in [0.5, 0.6) is 5.75 Å². The van der Waals surface area contributed by atoms with E-state index in [1.54, 1.807) is 4.68 Å². The van der Waals surface area contributed by atoms with Crippen molar-refractivity contribution >= 4 is 16.7 Å². The molecule has 0 radical (unpaired) electrons. The van der Waals surface area contributed by atoms with Gasteiger partial charge in [0, 0.05) is 44.5 Å². The monoisotopic (exact) mass is 448 g/mol. The largest absolute Gasteiger partial charge is 0.491 e. The van der Waals surface area contributed by atoms with E-state index >= 15 is 0 Å². The second kappa shape index (κ2) is 9.53. The maximum Gasteiger partial charge on any atom is 0.237 e. The van der Waals surface area contributed by atoms with Crippen LogP contribution in [0.25, 0.3) is 22.0 Å². The molecule has 1 saturated heterocycles. The summed E-state index contributed by atoms with van der Waals surface area (Å²) >= 11 is 0. The number of carbonyl (C=O) groups is 1. The number of carbonyl (C=O) groups excluding carboxylic acids is 1. The summed E-state index contributed by atoms with van der Waals surface area (Å²) in [6.07, 6.45) is 5.98. The van der Waals surface area contributed by atoms with Crippen LogP contribution < -0.4 is 4.74 Å². The summed E-state index contributed by atoms with van der Waals surface area (Å²) in [7, 11) is 1.90. The summed E-state index contributed by atoms with van der Waals surface area (Å²) in [5.74, 6) is 0.895. The van der Waals surface area contributed by atoms with Crippen LogP contribution in [-0.2, 0) is 11.8 Å². The Kier molecular flexibility index (Phi) is 6.33. The number of piperazine rings is 1. The molecule has 5 rings (SSSR count). The van der Waals surface area contributed by atoms with Gasteiger partial charge in [-0.1, -0.05) is 37.1 Å². The SMILES string of the molecule is Cn1ccc(-c2cc(OCC(O)CN3CCN(C4CCCC4)C(=O)C3)cc3ccccc23)n1. The molecule has 1 unspecified atom stereocenters. The quantitative estimate of drug-likeness (QED) is 0.602. The van der Waals surface area contributed by atoms with Crippen molar-refractivity contribution in [3.05, 3.63) is 48.7 Å². The zero-order valence-corrected chi connectivity index (χ0v) is 19.2. The van der Waals surface area contributed by atoms with Gasteiger partial charge in [-0.2, -0.15) is 5.10 Å². The van der Waals surface area contributed by atoms with Crippen LogP contribution in [0.15, 0.2) is 48.7 Å². The Morgan fingerprint density at radius 1 is 1.15 bits per heavy atom. The number of amides is 1. The van der Waals surface area contributed by atoms with E-state index in [2.05, 4.69) is 22.1 Å². The van der Waals surface area contributed by atoms with Crippen LogP contribution >= 0.6 is 0 Å². The molecule has 1 N–H and O–H groups in total. The lowest BCUT2D eigenvalue weighted by Crippen LogP contribution is -2.55. The number of aliphatic hydroxyl groups excluding tert-OH is 1. The predicted octanol–water partition coefficient (Wildman–Crippen LogP) is 3.07. The van der Waals surface area contributed by atoms with E-state index in [1.807, 2.05) is 48.5 Å². The Morgan fingerprint density at radius 3 is 2.73 bits per heavy atom. The zero-order chi connectivity index (χ0) is 22.8. The molecule has 2 heterocycles. The van der Waals surface area contributed by atoms with Crippen LogP contribution in [0.1, 0.15) is 25.7 Å². The third-order valence-electron chi connectivity index (χ3n) is 6.84. The minimum atomic E-state index is -0.666. The lowest BCUT2D eigenvalue weighted by molar-refractivity contribution is -0.139. The van der Waals surface area contributed by atoms with Crippen LogP contribution in [0, 0.1) is 0 Å². The van der Waals surface area contributed by atoms with Gasteiger partial charge in [0.2, 0.25) is 5.91 Å². The molecule has 7 heteroatoms. The van der Waals surface area contributed by atoms with Gasteiger partial charge in [-0.15, -0.1) is 0 Å². The number of fused-ring (bicyclic) bond motifs is 1. The first-order chi connectivity index (χ1) is 16.1. The number of β-amino-alcohol motifs (C(OH)–C–C–N with tert-alkyl or cyclic N) is 1. The van der Waals surface area contributed by atoms with E-state index in [-0.39, 0.29) is 12.5 Å².